The van der Waals surface area contributed by atoms with Crippen molar-refractivity contribution >= 4 is 23.2 Å². The Labute approximate surface area is 154 Å². The van der Waals surface area contributed by atoms with Crippen molar-refractivity contribution in [1.82, 2.24) is 15.5 Å². The van der Waals surface area contributed by atoms with Gasteiger partial charge in [0.1, 0.15) is 0 Å². The van der Waals surface area contributed by atoms with E-state index in [1.807, 2.05) is 11.0 Å². The van der Waals surface area contributed by atoms with Crippen LogP contribution in [0.15, 0.2) is 17.5 Å². The fraction of sp³-hybridized carbons (Fsp3) is 0.684. The first-order valence-electron chi connectivity index (χ1n) is 9.51. The summed E-state index contributed by atoms with van der Waals surface area (Å²) in [4.78, 5) is 27.9. The predicted octanol–water partition coefficient (Wildman–Crippen LogP) is 2.04. The highest BCUT2D eigenvalue weighted by Gasteiger charge is 2.27. The minimum absolute atomic E-state index is 0.0615. The number of rotatable bonds is 7. The second kappa shape index (κ2) is 9.34. The Morgan fingerprint density at radius 2 is 2.12 bits per heavy atom. The summed E-state index contributed by atoms with van der Waals surface area (Å²) in [6.07, 6.45) is 5.33. The van der Waals surface area contributed by atoms with Crippen molar-refractivity contribution in [2.45, 2.75) is 38.5 Å². The lowest BCUT2D eigenvalue weighted by atomic mass is 9.95. The van der Waals surface area contributed by atoms with Gasteiger partial charge in [0.2, 0.25) is 11.8 Å². The van der Waals surface area contributed by atoms with E-state index in [-0.39, 0.29) is 17.7 Å². The van der Waals surface area contributed by atoms with Crippen molar-refractivity contribution in [3.8, 4) is 0 Å². The second-order valence-electron chi connectivity index (χ2n) is 7.17. The van der Waals surface area contributed by atoms with Crippen LogP contribution in [0.3, 0.4) is 0 Å². The maximum atomic E-state index is 12.3. The molecule has 0 spiro atoms. The summed E-state index contributed by atoms with van der Waals surface area (Å²) < 4.78 is 0. The molecule has 0 aromatic carbocycles. The molecule has 6 heteroatoms. The Bertz CT molecular complexity index is 547. The van der Waals surface area contributed by atoms with E-state index < -0.39 is 0 Å². The van der Waals surface area contributed by atoms with Gasteiger partial charge in [-0.3, -0.25) is 9.59 Å². The van der Waals surface area contributed by atoms with Gasteiger partial charge in [-0.1, -0.05) is 6.07 Å². The van der Waals surface area contributed by atoms with Gasteiger partial charge in [0.15, 0.2) is 0 Å². The van der Waals surface area contributed by atoms with Gasteiger partial charge >= 0.3 is 0 Å². The number of amides is 2. The fourth-order valence-corrected chi connectivity index (χ4v) is 4.45. The highest BCUT2D eigenvalue weighted by atomic mass is 32.1. The Morgan fingerprint density at radius 3 is 2.80 bits per heavy atom. The number of hydrogen-bond acceptors (Lipinski definition) is 4. The maximum absolute atomic E-state index is 12.3. The van der Waals surface area contributed by atoms with Gasteiger partial charge < -0.3 is 15.5 Å². The van der Waals surface area contributed by atoms with Crippen molar-refractivity contribution < 1.29 is 9.59 Å². The molecule has 1 atom stereocenters. The standard InChI is InChI=1S/C19H29N3O2S/c23-18(4-3-15-5-9-20-14-15)22-11-7-16(8-12-22)19(24)21-10-6-17-2-1-13-25-17/h1-2,13,15-16,20H,3-12,14H2,(H,21,24). The molecule has 0 aliphatic carbocycles. The van der Waals surface area contributed by atoms with E-state index >= 15 is 0 Å². The molecule has 1 unspecified atom stereocenters. The van der Waals surface area contributed by atoms with Crippen LogP contribution in [-0.2, 0) is 16.0 Å². The average Bonchev–Trinajstić information content (AvgIpc) is 3.33. The minimum Gasteiger partial charge on any atom is -0.355 e. The lowest BCUT2D eigenvalue weighted by molar-refractivity contribution is -0.135. The zero-order valence-electron chi connectivity index (χ0n) is 14.8. The summed E-state index contributed by atoms with van der Waals surface area (Å²) in [5, 5.41) is 8.47. The summed E-state index contributed by atoms with van der Waals surface area (Å²) in [5.41, 5.74) is 0. The Balaban J connectivity index is 1.31. The summed E-state index contributed by atoms with van der Waals surface area (Å²) in [7, 11) is 0. The van der Waals surface area contributed by atoms with Gasteiger partial charge in [0, 0.05) is 36.9 Å². The molecule has 2 aliphatic heterocycles. The molecule has 2 N–H and O–H groups in total. The third-order valence-electron chi connectivity index (χ3n) is 5.40. The molecule has 2 fully saturated rings. The number of nitrogens with one attached hydrogen (secondary N) is 2. The molecule has 1 aromatic rings. The quantitative estimate of drug-likeness (QED) is 0.779. The van der Waals surface area contributed by atoms with E-state index in [9.17, 15) is 9.59 Å². The van der Waals surface area contributed by atoms with E-state index in [1.165, 1.54) is 11.3 Å². The van der Waals surface area contributed by atoms with Crippen LogP contribution in [-0.4, -0.2) is 49.4 Å². The van der Waals surface area contributed by atoms with Gasteiger partial charge in [0.05, 0.1) is 0 Å². The lowest BCUT2D eigenvalue weighted by Gasteiger charge is -2.31. The third-order valence-corrected chi connectivity index (χ3v) is 6.33. The summed E-state index contributed by atoms with van der Waals surface area (Å²) in [6.45, 7) is 4.30. The Hall–Kier alpha value is -1.40. The topological polar surface area (TPSA) is 61.4 Å². The third kappa shape index (κ3) is 5.54. The van der Waals surface area contributed by atoms with E-state index in [4.69, 9.17) is 0 Å². The molecule has 25 heavy (non-hydrogen) atoms. The first-order chi connectivity index (χ1) is 12.2. The van der Waals surface area contributed by atoms with E-state index in [0.29, 0.717) is 18.9 Å². The molecule has 0 bridgehead atoms. The molecule has 1 aromatic heterocycles. The number of carbonyl (C=O) groups excluding carboxylic acids is 2. The van der Waals surface area contributed by atoms with Crippen molar-refractivity contribution in [2.24, 2.45) is 11.8 Å². The maximum Gasteiger partial charge on any atom is 0.223 e. The number of thiophene rings is 1. The first kappa shape index (κ1) is 18.4. The molecule has 2 amide bonds. The van der Waals surface area contributed by atoms with Crippen LogP contribution >= 0.6 is 11.3 Å². The zero-order valence-corrected chi connectivity index (χ0v) is 15.7. The SMILES string of the molecule is O=C(NCCc1cccs1)C1CCN(C(=O)CCC2CCNC2)CC1. The van der Waals surface area contributed by atoms with Crippen LogP contribution in [0, 0.1) is 11.8 Å². The molecular formula is C19H29N3O2S. The van der Waals surface area contributed by atoms with Crippen LogP contribution in [0.25, 0.3) is 0 Å². The van der Waals surface area contributed by atoms with Crippen LogP contribution in [0.2, 0.25) is 0 Å². The molecule has 2 aliphatic rings. The molecule has 138 valence electrons. The number of nitrogens with zero attached hydrogens (tertiary/aromatic N) is 1. The minimum atomic E-state index is 0.0615. The lowest BCUT2D eigenvalue weighted by Crippen LogP contribution is -2.43. The summed E-state index contributed by atoms with van der Waals surface area (Å²) in [5.74, 6) is 1.14. The van der Waals surface area contributed by atoms with Gasteiger partial charge in [-0.05, 0) is 62.6 Å². The molecule has 2 saturated heterocycles. The molecule has 5 nitrogen and oxygen atoms in total. The normalized spacial score (nSPS) is 21.4. The van der Waals surface area contributed by atoms with Crippen LogP contribution < -0.4 is 10.6 Å². The van der Waals surface area contributed by atoms with Gasteiger partial charge in [-0.15, -0.1) is 11.3 Å². The van der Waals surface area contributed by atoms with Crippen LogP contribution in [0.4, 0.5) is 0 Å². The molecular weight excluding hydrogens is 334 g/mol. The molecule has 0 saturated carbocycles. The van der Waals surface area contributed by atoms with Crippen LogP contribution in [0.1, 0.15) is 37.0 Å². The number of hydrogen-bond donors (Lipinski definition) is 2. The molecule has 3 rings (SSSR count). The van der Waals surface area contributed by atoms with Crippen molar-refractivity contribution in [1.29, 1.82) is 0 Å². The summed E-state index contributed by atoms with van der Waals surface area (Å²) in [6, 6.07) is 4.14. The van der Waals surface area contributed by atoms with Gasteiger partial charge in [-0.25, -0.2) is 0 Å². The Morgan fingerprint density at radius 1 is 1.28 bits per heavy atom. The van der Waals surface area contributed by atoms with E-state index in [0.717, 1.165) is 51.9 Å². The number of carbonyl (C=O) groups is 2. The number of piperidine rings is 1. The van der Waals surface area contributed by atoms with E-state index in [1.54, 1.807) is 11.3 Å². The summed E-state index contributed by atoms with van der Waals surface area (Å²) >= 11 is 1.73. The predicted molar refractivity (Wildman–Crippen MR) is 101 cm³/mol. The largest absolute Gasteiger partial charge is 0.355 e. The molecule has 3 heterocycles. The van der Waals surface area contributed by atoms with Crippen molar-refractivity contribution in [3.05, 3.63) is 22.4 Å². The zero-order chi connectivity index (χ0) is 17.5. The smallest absolute Gasteiger partial charge is 0.223 e. The Kier molecular flexibility index (Phi) is 6.87. The van der Waals surface area contributed by atoms with Crippen molar-refractivity contribution in [2.75, 3.05) is 32.7 Å². The van der Waals surface area contributed by atoms with Crippen LogP contribution in [0.5, 0.6) is 0 Å². The highest BCUT2D eigenvalue weighted by molar-refractivity contribution is 7.09. The monoisotopic (exact) mass is 363 g/mol. The molecule has 0 radical (unpaired) electrons. The van der Waals surface area contributed by atoms with Gasteiger partial charge in [-0.2, -0.15) is 0 Å². The number of likely N-dealkylation sites (tertiary alicyclic amines) is 1. The van der Waals surface area contributed by atoms with E-state index in [2.05, 4.69) is 22.1 Å². The van der Waals surface area contributed by atoms with Crippen molar-refractivity contribution in [3.63, 3.8) is 0 Å². The van der Waals surface area contributed by atoms with Gasteiger partial charge in [0.25, 0.3) is 0 Å². The first-order valence-corrected chi connectivity index (χ1v) is 10.4. The highest BCUT2D eigenvalue weighted by Crippen LogP contribution is 2.20. The second-order valence-corrected chi connectivity index (χ2v) is 8.21. The average molecular weight is 364 g/mol. The fourth-order valence-electron chi connectivity index (χ4n) is 3.75.